The van der Waals surface area contributed by atoms with Gasteiger partial charge in [0.2, 0.25) is 5.91 Å². The van der Waals surface area contributed by atoms with E-state index in [2.05, 4.69) is 28.8 Å². The van der Waals surface area contributed by atoms with Crippen LogP contribution in [-0.2, 0) is 11.2 Å². The molecule has 1 amide bonds. The second-order valence-electron chi connectivity index (χ2n) is 5.79. The number of amides is 1. The highest BCUT2D eigenvalue weighted by Gasteiger charge is 2.05. The number of benzene rings is 3. The first kappa shape index (κ1) is 16.8. The summed E-state index contributed by atoms with van der Waals surface area (Å²) in [6.45, 7) is 0.830. The number of rotatable bonds is 7. The van der Waals surface area contributed by atoms with Crippen LogP contribution in [0.5, 0.6) is 5.75 Å². The maximum atomic E-state index is 12.1. The molecular formula is C21H22N2O2. The third-order valence-electron chi connectivity index (χ3n) is 4.14. The van der Waals surface area contributed by atoms with E-state index < -0.39 is 0 Å². The van der Waals surface area contributed by atoms with E-state index in [0.717, 1.165) is 34.2 Å². The molecule has 0 saturated heterocycles. The lowest BCUT2D eigenvalue weighted by Gasteiger charge is -2.11. The Morgan fingerprint density at radius 1 is 0.960 bits per heavy atom. The molecule has 3 aromatic carbocycles. The van der Waals surface area contributed by atoms with Crippen LogP contribution >= 0.6 is 0 Å². The molecule has 0 aromatic heterocycles. The molecule has 4 nitrogen and oxygen atoms in total. The van der Waals surface area contributed by atoms with Crippen LogP contribution < -0.4 is 15.4 Å². The van der Waals surface area contributed by atoms with Crippen LogP contribution in [0, 0.1) is 0 Å². The van der Waals surface area contributed by atoms with Crippen molar-refractivity contribution in [1.29, 1.82) is 0 Å². The van der Waals surface area contributed by atoms with Crippen molar-refractivity contribution in [3.05, 3.63) is 72.3 Å². The predicted octanol–water partition coefficient (Wildman–Crippen LogP) is 3.62. The maximum absolute atomic E-state index is 12.1. The Labute approximate surface area is 147 Å². The summed E-state index contributed by atoms with van der Waals surface area (Å²) in [6.07, 6.45) is 0.740. The van der Waals surface area contributed by atoms with Gasteiger partial charge in [0.25, 0.3) is 0 Å². The minimum atomic E-state index is -0.0252. The van der Waals surface area contributed by atoms with E-state index in [4.69, 9.17) is 4.74 Å². The van der Waals surface area contributed by atoms with Gasteiger partial charge in [-0.1, -0.05) is 54.6 Å². The van der Waals surface area contributed by atoms with Crippen LogP contribution in [-0.4, -0.2) is 26.1 Å². The number of ether oxygens (including phenoxy) is 1. The highest BCUT2D eigenvalue weighted by atomic mass is 16.5. The average Bonchev–Trinajstić information content (AvgIpc) is 2.66. The second-order valence-corrected chi connectivity index (χ2v) is 5.79. The number of methoxy groups -OCH3 is 1. The Kier molecular flexibility index (Phi) is 5.52. The first-order valence-corrected chi connectivity index (χ1v) is 8.38. The minimum absolute atomic E-state index is 0.0252. The van der Waals surface area contributed by atoms with Crippen LogP contribution in [0.2, 0.25) is 0 Å². The van der Waals surface area contributed by atoms with Crippen molar-refractivity contribution >= 4 is 22.4 Å². The first-order valence-electron chi connectivity index (χ1n) is 8.38. The summed E-state index contributed by atoms with van der Waals surface area (Å²) >= 11 is 0. The predicted molar refractivity (Wildman–Crippen MR) is 102 cm³/mol. The molecule has 0 unspecified atom stereocenters. The number of hydrogen-bond donors (Lipinski definition) is 2. The lowest BCUT2D eigenvalue weighted by Crippen LogP contribution is -2.31. The zero-order chi connectivity index (χ0) is 17.5. The first-order chi connectivity index (χ1) is 12.3. The SMILES string of the molecule is COc1ccccc1CCNC(=O)CNc1cccc2ccccc12. The summed E-state index contributed by atoms with van der Waals surface area (Å²) in [5, 5.41) is 8.44. The molecule has 0 saturated carbocycles. The van der Waals surface area contributed by atoms with Crippen LogP contribution in [0.25, 0.3) is 10.8 Å². The molecule has 0 aliphatic carbocycles. The van der Waals surface area contributed by atoms with E-state index in [1.807, 2.05) is 48.5 Å². The Balaban J connectivity index is 1.51. The maximum Gasteiger partial charge on any atom is 0.239 e. The Morgan fingerprint density at radius 2 is 1.72 bits per heavy atom. The summed E-state index contributed by atoms with van der Waals surface area (Å²) in [7, 11) is 1.66. The molecule has 3 rings (SSSR count). The van der Waals surface area contributed by atoms with Crippen LogP contribution in [0.15, 0.2) is 66.7 Å². The number of carbonyl (C=O) groups is 1. The quantitative estimate of drug-likeness (QED) is 0.694. The fourth-order valence-electron chi connectivity index (χ4n) is 2.86. The van der Waals surface area contributed by atoms with Crippen LogP contribution in [0.4, 0.5) is 5.69 Å². The molecule has 0 atom stereocenters. The Hall–Kier alpha value is -3.01. The van der Waals surface area contributed by atoms with Gasteiger partial charge in [0.1, 0.15) is 5.75 Å². The van der Waals surface area contributed by atoms with Crippen molar-refractivity contribution in [2.45, 2.75) is 6.42 Å². The van der Waals surface area contributed by atoms with E-state index in [-0.39, 0.29) is 12.5 Å². The van der Waals surface area contributed by atoms with Crippen molar-refractivity contribution in [1.82, 2.24) is 5.32 Å². The molecule has 3 aromatic rings. The van der Waals surface area contributed by atoms with E-state index in [1.165, 1.54) is 0 Å². The lowest BCUT2D eigenvalue weighted by molar-refractivity contribution is -0.119. The summed E-state index contributed by atoms with van der Waals surface area (Å²) in [4.78, 5) is 12.1. The van der Waals surface area contributed by atoms with Crippen LogP contribution in [0.1, 0.15) is 5.56 Å². The number of carbonyl (C=O) groups excluding carboxylic acids is 1. The monoisotopic (exact) mass is 334 g/mol. The van der Waals surface area contributed by atoms with Crippen molar-refractivity contribution in [2.24, 2.45) is 0 Å². The third-order valence-corrected chi connectivity index (χ3v) is 4.14. The van der Waals surface area contributed by atoms with E-state index >= 15 is 0 Å². The van der Waals surface area contributed by atoms with Gasteiger partial charge >= 0.3 is 0 Å². The molecule has 0 aliphatic heterocycles. The largest absolute Gasteiger partial charge is 0.496 e. The normalized spacial score (nSPS) is 10.4. The molecule has 4 heteroatoms. The molecule has 25 heavy (non-hydrogen) atoms. The number of nitrogens with one attached hydrogen (secondary N) is 2. The summed E-state index contributed by atoms with van der Waals surface area (Å²) in [5.74, 6) is 0.827. The number of hydrogen-bond acceptors (Lipinski definition) is 3. The fraction of sp³-hybridized carbons (Fsp3) is 0.190. The van der Waals surface area contributed by atoms with Crippen molar-refractivity contribution < 1.29 is 9.53 Å². The molecular weight excluding hydrogens is 312 g/mol. The zero-order valence-electron chi connectivity index (χ0n) is 14.3. The molecule has 0 aliphatic rings. The molecule has 2 N–H and O–H groups in total. The Morgan fingerprint density at radius 3 is 2.60 bits per heavy atom. The number of para-hydroxylation sites is 1. The molecule has 0 radical (unpaired) electrons. The smallest absolute Gasteiger partial charge is 0.239 e. The van der Waals surface area contributed by atoms with Gasteiger partial charge in [-0.3, -0.25) is 4.79 Å². The van der Waals surface area contributed by atoms with Gasteiger partial charge in [0, 0.05) is 17.6 Å². The Bertz CT molecular complexity index is 856. The number of anilines is 1. The van der Waals surface area contributed by atoms with Gasteiger partial charge in [0.15, 0.2) is 0 Å². The minimum Gasteiger partial charge on any atom is -0.496 e. The highest BCUT2D eigenvalue weighted by molar-refractivity contribution is 5.95. The summed E-state index contributed by atoms with van der Waals surface area (Å²) in [6, 6.07) is 22.0. The summed E-state index contributed by atoms with van der Waals surface area (Å²) < 4.78 is 5.32. The van der Waals surface area contributed by atoms with Gasteiger partial charge in [0.05, 0.1) is 13.7 Å². The topological polar surface area (TPSA) is 50.4 Å². The molecule has 0 bridgehead atoms. The van der Waals surface area contributed by atoms with Gasteiger partial charge in [-0.05, 0) is 29.5 Å². The number of fused-ring (bicyclic) bond motifs is 1. The van der Waals surface area contributed by atoms with Crippen molar-refractivity contribution in [3.63, 3.8) is 0 Å². The zero-order valence-corrected chi connectivity index (χ0v) is 14.3. The van der Waals surface area contributed by atoms with Crippen molar-refractivity contribution in [3.8, 4) is 5.75 Å². The lowest BCUT2D eigenvalue weighted by atomic mass is 10.1. The highest BCUT2D eigenvalue weighted by Crippen LogP contribution is 2.22. The van der Waals surface area contributed by atoms with Gasteiger partial charge in [-0.25, -0.2) is 0 Å². The summed E-state index contributed by atoms with van der Waals surface area (Å²) in [5.41, 5.74) is 2.06. The van der Waals surface area contributed by atoms with Crippen LogP contribution in [0.3, 0.4) is 0 Å². The second kappa shape index (κ2) is 8.20. The van der Waals surface area contributed by atoms with Crippen molar-refractivity contribution in [2.75, 3.05) is 25.5 Å². The molecule has 0 heterocycles. The van der Waals surface area contributed by atoms with E-state index in [1.54, 1.807) is 7.11 Å². The van der Waals surface area contributed by atoms with E-state index in [9.17, 15) is 4.79 Å². The molecule has 128 valence electrons. The van der Waals surface area contributed by atoms with Gasteiger partial charge < -0.3 is 15.4 Å². The average molecular weight is 334 g/mol. The van der Waals surface area contributed by atoms with Gasteiger partial charge in [-0.15, -0.1) is 0 Å². The molecule has 0 fully saturated rings. The van der Waals surface area contributed by atoms with E-state index in [0.29, 0.717) is 6.54 Å². The molecule has 0 spiro atoms. The third kappa shape index (κ3) is 4.29. The fourth-order valence-corrected chi connectivity index (χ4v) is 2.86. The van der Waals surface area contributed by atoms with Gasteiger partial charge in [-0.2, -0.15) is 0 Å². The standard InChI is InChI=1S/C21H22N2O2/c1-25-20-12-5-3-8-17(20)13-14-22-21(24)15-23-19-11-6-9-16-7-2-4-10-18(16)19/h2-12,23H,13-15H2,1H3,(H,22,24).